The number of likely N-dealkylation sites (tertiary alicyclic amines) is 1. The molecule has 1 N–H and O–H groups in total. The molecule has 1 amide bonds. The van der Waals surface area contributed by atoms with Crippen LogP contribution < -0.4 is 5.32 Å². The van der Waals surface area contributed by atoms with Crippen molar-refractivity contribution in [2.45, 2.75) is 32.7 Å². The number of carbonyl (C=O) groups is 1. The van der Waals surface area contributed by atoms with Crippen LogP contribution in [0.3, 0.4) is 0 Å². The number of nitrogens with zero attached hydrogens (tertiary/aromatic N) is 2. The van der Waals surface area contributed by atoms with Crippen LogP contribution in [-0.4, -0.2) is 41.5 Å². The van der Waals surface area contributed by atoms with Crippen LogP contribution in [-0.2, 0) is 0 Å². The lowest BCUT2D eigenvalue weighted by molar-refractivity contribution is 0.0920. The summed E-state index contributed by atoms with van der Waals surface area (Å²) in [5.41, 5.74) is 0.443. The molecule has 1 aliphatic rings. The zero-order chi connectivity index (χ0) is 15.4. The van der Waals surface area contributed by atoms with E-state index in [0.717, 1.165) is 25.6 Å². The highest BCUT2D eigenvalue weighted by molar-refractivity contribution is 6.33. The van der Waals surface area contributed by atoms with Gasteiger partial charge in [0.25, 0.3) is 5.91 Å². The van der Waals surface area contributed by atoms with Crippen LogP contribution in [0.2, 0.25) is 10.3 Å². The van der Waals surface area contributed by atoms with Gasteiger partial charge < -0.3 is 10.2 Å². The Kier molecular flexibility index (Phi) is 5.85. The summed E-state index contributed by atoms with van der Waals surface area (Å²) in [5.74, 6) is 0.568. The van der Waals surface area contributed by atoms with Crippen molar-refractivity contribution in [1.29, 1.82) is 0 Å². The second kappa shape index (κ2) is 7.43. The molecule has 21 heavy (non-hydrogen) atoms. The molecule has 1 aromatic rings. The number of pyridine rings is 1. The lowest BCUT2D eigenvalue weighted by Gasteiger charge is -2.32. The van der Waals surface area contributed by atoms with Crippen LogP contribution >= 0.6 is 23.2 Å². The molecule has 0 spiro atoms. The van der Waals surface area contributed by atoms with Gasteiger partial charge in [0.2, 0.25) is 0 Å². The number of amides is 1. The third-order valence-electron chi connectivity index (χ3n) is 3.68. The first-order chi connectivity index (χ1) is 9.94. The van der Waals surface area contributed by atoms with Crippen LogP contribution in [0.15, 0.2) is 12.1 Å². The molecule has 4 nitrogen and oxygen atoms in total. The molecular weight excluding hydrogens is 309 g/mol. The third kappa shape index (κ3) is 5.13. The summed E-state index contributed by atoms with van der Waals surface area (Å²) in [7, 11) is 0. The maximum atomic E-state index is 12.2. The standard InChI is InChI=1S/C15H21Cl2N3O/c1-10-4-3-5-20(8-10)9-11(2)18-15(21)12-6-13(16)19-14(17)7-12/h6-7,10-11H,3-5,8-9H2,1-2H3,(H,18,21). The summed E-state index contributed by atoms with van der Waals surface area (Å²) >= 11 is 11.6. The number of rotatable bonds is 4. The maximum absolute atomic E-state index is 12.2. The number of piperidine rings is 1. The molecular formula is C15H21Cl2N3O. The molecule has 1 aromatic heterocycles. The van der Waals surface area contributed by atoms with Gasteiger partial charge in [0.1, 0.15) is 10.3 Å². The van der Waals surface area contributed by atoms with Gasteiger partial charge >= 0.3 is 0 Å². The Morgan fingerprint density at radius 3 is 2.76 bits per heavy atom. The van der Waals surface area contributed by atoms with E-state index < -0.39 is 0 Å². The fraction of sp³-hybridized carbons (Fsp3) is 0.600. The number of carbonyl (C=O) groups excluding carboxylic acids is 1. The van der Waals surface area contributed by atoms with Crippen molar-refractivity contribution in [3.8, 4) is 0 Å². The van der Waals surface area contributed by atoms with Crippen LogP contribution in [0.25, 0.3) is 0 Å². The summed E-state index contributed by atoms with van der Waals surface area (Å²) in [6.45, 7) is 7.37. The smallest absolute Gasteiger partial charge is 0.251 e. The number of hydrogen-bond acceptors (Lipinski definition) is 3. The molecule has 2 rings (SSSR count). The van der Waals surface area contributed by atoms with Gasteiger partial charge in [0, 0.05) is 24.7 Å². The molecule has 2 atom stereocenters. The SMILES string of the molecule is CC1CCCN(CC(C)NC(=O)c2cc(Cl)nc(Cl)c2)C1. The van der Waals surface area contributed by atoms with Gasteiger partial charge in [0.05, 0.1) is 0 Å². The maximum Gasteiger partial charge on any atom is 0.251 e. The van der Waals surface area contributed by atoms with Gasteiger partial charge in [-0.05, 0) is 44.4 Å². The first-order valence-electron chi connectivity index (χ1n) is 7.30. The van der Waals surface area contributed by atoms with Crippen molar-refractivity contribution < 1.29 is 4.79 Å². The lowest BCUT2D eigenvalue weighted by Crippen LogP contribution is -2.45. The Bertz CT molecular complexity index is 489. The van der Waals surface area contributed by atoms with E-state index in [1.807, 2.05) is 6.92 Å². The van der Waals surface area contributed by atoms with E-state index >= 15 is 0 Å². The molecule has 1 aliphatic heterocycles. The average Bonchev–Trinajstić information content (AvgIpc) is 2.37. The molecule has 6 heteroatoms. The minimum absolute atomic E-state index is 0.0773. The molecule has 0 aromatic carbocycles. The second-order valence-corrected chi connectivity index (χ2v) is 6.66. The summed E-state index contributed by atoms with van der Waals surface area (Å²) in [4.78, 5) is 18.4. The Balaban J connectivity index is 1.89. The van der Waals surface area contributed by atoms with E-state index in [1.54, 1.807) is 0 Å². The van der Waals surface area contributed by atoms with E-state index in [9.17, 15) is 4.79 Å². The monoisotopic (exact) mass is 329 g/mol. The Hall–Kier alpha value is -0.840. The second-order valence-electron chi connectivity index (χ2n) is 5.88. The van der Waals surface area contributed by atoms with Gasteiger partial charge in [-0.2, -0.15) is 0 Å². The van der Waals surface area contributed by atoms with Crippen LogP contribution in [0, 0.1) is 5.92 Å². The van der Waals surface area contributed by atoms with Gasteiger partial charge in [-0.1, -0.05) is 30.1 Å². The summed E-state index contributed by atoms with van der Waals surface area (Å²) in [5, 5.41) is 3.44. The van der Waals surface area contributed by atoms with E-state index in [-0.39, 0.29) is 22.3 Å². The Labute approximate surface area is 135 Å². The number of aromatic nitrogens is 1. The molecule has 0 bridgehead atoms. The fourth-order valence-electron chi connectivity index (χ4n) is 2.79. The highest BCUT2D eigenvalue weighted by Gasteiger charge is 2.19. The Morgan fingerprint density at radius 2 is 2.14 bits per heavy atom. The Morgan fingerprint density at radius 1 is 1.48 bits per heavy atom. The van der Waals surface area contributed by atoms with Crippen molar-refractivity contribution in [2.24, 2.45) is 5.92 Å². The largest absolute Gasteiger partial charge is 0.348 e. The van der Waals surface area contributed by atoms with Crippen LogP contribution in [0.1, 0.15) is 37.0 Å². The lowest BCUT2D eigenvalue weighted by atomic mass is 10.00. The predicted molar refractivity (Wildman–Crippen MR) is 86.0 cm³/mol. The van der Waals surface area contributed by atoms with Crippen molar-refractivity contribution >= 4 is 29.1 Å². The van der Waals surface area contributed by atoms with Crippen molar-refractivity contribution in [1.82, 2.24) is 15.2 Å². The van der Waals surface area contributed by atoms with E-state index in [2.05, 4.69) is 22.1 Å². The first kappa shape index (κ1) is 16.5. The average molecular weight is 330 g/mol. The molecule has 1 saturated heterocycles. The summed E-state index contributed by atoms with van der Waals surface area (Å²) < 4.78 is 0. The summed E-state index contributed by atoms with van der Waals surface area (Å²) in [6, 6.07) is 3.13. The van der Waals surface area contributed by atoms with E-state index in [0.29, 0.717) is 5.56 Å². The van der Waals surface area contributed by atoms with Crippen LogP contribution in [0.5, 0.6) is 0 Å². The molecule has 2 heterocycles. The van der Waals surface area contributed by atoms with Gasteiger partial charge in [-0.25, -0.2) is 4.98 Å². The number of hydrogen-bond donors (Lipinski definition) is 1. The van der Waals surface area contributed by atoms with E-state index in [4.69, 9.17) is 23.2 Å². The zero-order valence-electron chi connectivity index (χ0n) is 12.4. The van der Waals surface area contributed by atoms with Crippen molar-refractivity contribution in [3.05, 3.63) is 28.0 Å². The van der Waals surface area contributed by atoms with Crippen molar-refractivity contribution in [2.75, 3.05) is 19.6 Å². The number of nitrogens with one attached hydrogen (secondary N) is 1. The van der Waals surface area contributed by atoms with E-state index in [1.165, 1.54) is 25.0 Å². The zero-order valence-corrected chi connectivity index (χ0v) is 13.9. The minimum Gasteiger partial charge on any atom is -0.348 e. The molecule has 0 saturated carbocycles. The number of halogens is 2. The van der Waals surface area contributed by atoms with Gasteiger partial charge in [-0.3, -0.25) is 4.79 Å². The normalized spacial score (nSPS) is 21.0. The molecule has 0 aliphatic carbocycles. The van der Waals surface area contributed by atoms with Gasteiger partial charge in [0.15, 0.2) is 0 Å². The minimum atomic E-state index is -0.168. The van der Waals surface area contributed by atoms with Gasteiger partial charge in [-0.15, -0.1) is 0 Å². The molecule has 1 fully saturated rings. The molecule has 116 valence electrons. The predicted octanol–water partition coefficient (Wildman–Crippen LogP) is 3.24. The topological polar surface area (TPSA) is 45.2 Å². The third-order valence-corrected chi connectivity index (χ3v) is 4.06. The van der Waals surface area contributed by atoms with Crippen LogP contribution in [0.4, 0.5) is 0 Å². The van der Waals surface area contributed by atoms with Crippen molar-refractivity contribution in [3.63, 3.8) is 0 Å². The molecule has 0 radical (unpaired) electrons. The highest BCUT2D eigenvalue weighted by Crippen LogP contribution is 2.16. The quantitative estimate of drug-likeness (QED) is 0.862. The summed E-state index contributed by atoms with van der Waals surface area (Å²) in [6.07, 6.45) is 2.53. The highest BCUT2D eigenvalue weighted by atomic mass is 35.5. The molecule has 2 unspecified atom stereocenters. The fourth-order valence-corrected chi connectivity index (χ4v) is 3.25. The first-order valence-corrected chi connectivity index (χ1v) is 8.06.